The Hall–Kier alpha value is -5.98. The topological polar surface area (TPSA) is 64.7 Å². The summed E-state index contributed by atoms with van der Waals surface area (Å²) in [5, 5.41) is 2.35. The van der Waals surface area contributed by atoms with Crippen molar-refractivity contribution in [1.29, 1.82) is 0 Å². The van der Waals surface area contributed by atoms with Crippen molar-refractivity contribution >= 4 is 42.6 Å². The van der Waals surface area contributed by atoms with Gasteiger partial charge in [-0.3, -0.25) is 0 Å². The molecular formula is C40H24N4OS. The first kappa shape index (κ1) is 26.4. The van der Waals surface area contributed by atoms with Gasteiger partial charge in [0.05, 0.1) is 0 Å². The third kappa shape index (κ3) is 4.55. The maximum Gasteiger partial charge on any atom is 0.227 e. The molecule has 3 heterocycles. The molecule has 0 saturated heterocycles. The fraction of sp³-hybridized carbons (Fsp3) is 0. The van der Waals surface area contributed by atoms with Gasteiger partial charge in [0.1, 0.15) is 5.52 Å². The van der Waals surface area contributed by atoms with Crippen LogP contribution in [-0.2, 0) is 0 Å². The molecule has 6 heteroatoms. The van der Waals surface area contributed by atoms with Gasteiger partial charge in [0.2, 0.25) is 5.89 Å². The van der Waals surface area contributed by atoms with Crippen LogP contribution in [0.4, 0.5) is 0 Å². The SMILES string of the molecule is c1ccc(-c2nc(-c3ccccc3)nc(-c3cccc(-c4c5oc(-c6ccccc6)nc5cc5sc6ccccc6c45)c3)n2)cc1. The molecule has 9 rings (SSSR count). The van der Waals surface area contributed by atoms with E-state index < -0.39 is 0 Å². The minimum atomic E-state index is 0.604. The summed E-state index contributed by atoms with van der Waals surface area (Å²) in [4.78, 5) is 19.8. The minimum absolute atomic E-state index is 0.604. The molecule has 0 fully saturated rings. The Bertz CT molecular complexity index is 2470. The van der Waals surface area contributed by atoms with Crippen molar-refractivity contribution in [3.63, 3.8) is 0 Å². The Morgan fingerprint density at radius 1 is 0.435 bits per heavy atom. The van der Waals surface area contributed by atoms with Crippen LogP contribution in [0.5, 0.6) is 0 Å². The number of benzene rings is 6. The number of oxazole rings is 1. The second-order valence-corrected chi connectivity index (χ2v) is 12.2. The molecule has 0 N–H and O–H groups in total. The Kier molecular flexibility index (Phi) is 6.25. The standard InChI is InChI=1S/C40H24N4OS/c1-4-13-25(14-5-1)37-42-38(26-15-6-2-7-16-26)44-39(43-37)29-20-12-19-28(23-29)34-35-30-21-10-11-22-32(30)46-33(35)24-31-36(34)45-40(41-31)27-17-8-3-9-18-27/h1-24H. The summed E-state index contributed by atoms with van der Waals surface area (Å²) in [5.74, 6) is 2.47. The lowest BCUT2D eigenvalue weighted by molar-refractivity contribution is 0.621. The van der Waals surface area contributed by atoms with Gasteiger partial charge in [-0.15, -0.1) is 11.3 Å². The van der Waals surface area contributed by atoms with E-state index in [-0.39, 0.29) is 0 Å². The van der Waals surface area contributed by atoms with E-state index in [1.165, 1.54) is 14.8 Å². The highest BCUT2D eigenvalue weighted by Crippen LogP contribution is 2.45. The molecule has 216 valence electrons. The van der Waals surface area contributed by atoms with Crippen LogP contribution in [0, 0.1) is 0 Å². The van der Waals surface area contributed by atoms with Crippen LogP contribution in [-0.4, -0.2) is 19.9 Å². The Morgan fingerprint density at radius 2 is 0.978 bits per heavy atom. The van der Waals surface area contributed by atoms with Crippen molar-refractivity contribution in [2.45, 2.75) is 0 Å². The summed E-state index contributed by atoms with van der Waals surface area (Å²) < 4.78 is 9.01. The number of aromatic nitrogens is 4. The average Bonchev–Trinajstić information content (AvgIpc) is 3.73. The van der Waals surface area contributed by atoms with Crippen LogP contribution in [0.3, 0.4) is 0 Å². The molecule has 6 aromatic carbocycles. The van der Waals surface area contributed by atoms with Crippen LogP contribution < -0.4 is 0 Å². The highest BCUT2D eigenvalue weighted by molar-refractivity contribution is 7.26. The van der Waals surface area contributed by atoms with Crippen LogP contribution in [0.2, 0.25) is 0 Å². The molecule has 5 nitrogen and oxygen atoms in total. The van der Waals surface area contributed by atoms with Crippen LogP contribution in [0.1, 0.15) is 0 Å². The zero-order valence-electron chi connectivity index (χ0n) is 24.5. The zero-order chi connectivity index (χ0) is 30.5. The number of thiophene rings is 1. The fourth-order valence-electron chi connectivity index (χ4n) is 6.00. The highest BCUT2D eigenvalue weighted by Gasteiger charge is 2.21. The van der Waals surface area contributed by atoms with Crippen molar-refractivity contribution in [3.8, 4) is 56.7 Å². The van der Waals surface area contributed by atoms with Crippen LogP contribution in [0.15, 0.2) is 150 Å². The molecule has 0 radical (unpaired) electrons. The van der Waals surface area contributed by atoms with Gasteiger partial charge in [0.25, 0.3) is 0 Å². The molecule has 0 bridgehead atoms. The predicted molar refractivity (Wildman–Crippen MR) is 187 cm³/mol. The third-order valence-electron chi connectivity index (χ3n) is 8.15. The van der Waals surface area contributed by atoms with Crippen molar-refractivity contribution in [3.05, 3.63) is 146 Å². The van der Waals surface area contributed by atoms with Gasteiger partial charge >= 0.3 is 0 Å². The number of rotatable bonds is 5. The number of nitrogens with zero attached hydrogens (tertiary/aromatic N) is 4. The summed E-state index contributed by atoms with van der Waals surface area (Å²) in [5.41, 5.74) is 7.32. The largest absolute Gasteiger partial charge is 0.435 e. The molecule has 46 heavy (non-hydrogen) atoms. The molecule has 3 aromatic heterocycles. The molecule has 0 unspecified atom stereocenters. The maximum atomic E-state index is 6.62. The molecule has 0 aliphatic heterocycles. The van der Waals surface area contributed by atoms with Crippen molar-refractivity contribution in [1.82, 2.24) is 19.9 Å². The fourth-order valence-corrected chi connectivity index (χ4v) is 7.15. The molecule has 9 aromatic rings. The number of fused-ring (bicyclic) bond motifs is 4. The molecule has 0 atom stereocenters. The van der Waals surface area contributed by atoms with Crippen molar-refractivity contribution in [2.75, 3.05) is 0 Å². The van der Waals surface area contributed by atoms with E-state index in [4.69, 9.17) is 24.4 Å². The number of hydrogen-bond acceptors (Lipinski definition) is 6. The Balaban J connectivity index is 1.29. The Morgan fingerprint density at radius 3 is 1.65 bits per heavy atom. The molecule has 0 spiro atoms. The lowest BCUT2D eigenvalue weighted by Gasteiger charge is -2.10. The molecular weight excluding hydrogens is 585 g/mol. The normalized spacial score (nSPS) is 11.5. The van der Waals surface area contributed by atoms with Gasteiger partial charge in [0, 0.05) is 48.0 Å². The van der Waals surface area contributed by atoms with Gasteiger partial charge in [0.15, 0.2) is 23.1 Å². The van der Waals surface area contributed by atoms with Crippen molar-refractivity contribution < 1.29 is 4.42 Å². The van der Waals surface area contributed by atoms with E-state index in [2.05, 4.69) is 54.6 Å². The quantitative estimate of drug-likeness (QED) is 0.194. The smallest absolute Gasteiger partial charge is 0.227 e. The van der Waals surface area contributed by atoms with E-state index >= 15 is 0 Å². The average molecular weight is 609 g/mol. The van der Waals surface area contributed by atoms with E-state index in [1.54, 1.807) is 11.3 Å². The molecule has 0 saturated carbocycles. The lowest BCUT2D eigenvalue weighted by Crippen LogP contribution is -2.00. The molecule has 0 aliphatic carbocycles. The summed E-state index contributed by atoms with van der Waals surface area (Å²) >= 11 is 1.78. The second kappa shape index (κ2) is 10.9. The summed E-state index contributed by atoms with van der Waals surface area (Å²) in [6.07, 6.45) is 0. The monoisotopic (exact) mass is 608 g/mol. The van der Waals surface area contributed by atoms with E-state index in [9.17, 15) is 0 Å². The minimum Gasteiger partial charge on any atom is -0.435 e. The zero-order valence-corrected chi connectivity index (χ0v) is 25.3. The predicted octanol–water partition coefficient (Wildman–Crippen LogP) is 10.7. The van der Waals surface area contributed by atoms with Gasteiger partial charge in [-0.25, -0.2) is 19.9 Å². The van der Waals surface area contributed by atoms with Gasteiger partial charge in [-0.1, -0.05) is 115 Å². The van der Waals surface area contributed by atoms with Gasteiger partial charge in [-0.2, -0.15) is 0 Å². The summed E-state index contributed by atoms with van der Waals surface area (Å²) in [6.45, 7) is 0. The van der Waals surface area contributed by atoms with Gasteiger partial charge < -0.3 is 4.42 Å². The van der Waals surface area contributed by atoms with E-state index in [0.29, 0.717) is 23.4 Å². The molecule has 0 aliphatic rings. The maximum absolute atomic E-state index is 6.62. The summed E-state index contributed by atoms with van der Waals surface area (Å²) in [7, 11) is 0. The molecule has 0 amide bonds. The van der Waals surface area contributed by atoms with Crippen molar-refractivity contribution in [2.24, 2.45) is 0 Å². The van der Waals surface area contributed by atoms with E-state index in [0.717, 1.165) is 49.9 Å². The van der Waals surface area contributed by atoms with Gasteiger partial charge in [-0.05, 0) is 35.9 Å². The van der Waals surface area contributed by atoms with Crippen LogP contribution >= 0.6 is 11.3 Å². The first-order chi connectivity index (χ1) is 22.8. The second-order valence-electron chi connectivity index (χ2n) is 11.1. The third-order valence-corrected chi connectivity index (χ3v) is 9.27. The number of hydrogen-bond donors (Lipinski definition) is 0. The lowest BCUT2D eigenvalue weighted by atomic mass is 9.96. The first-order valence-corrected chi connectivity index (χ1v) is 15.9. The summed E-state index contributed by atoms with van der Waals surface area (Å²) in [6, 6.07) is 49.2. The van der Waals surface area contributed by atoms with Crippen LogP contribution in [0.25, 0.3) is 88.0 Å². The highest BCUT2D eigenvalue weighted by atomic mass is 32.1. The Labute approximate surface area is 268 Å². The van der Waals surface area contributed by atoms with E-state index in [1.807, 2.05) is 91.0 Å². The first-order valence-electron chi connectivity index (χ1n) is 15.1.